The Bertz CT molecular complexity index is 1360. The predicted molar refractivity (Wildman–Crippen MR) is 120 cm³/mol. The SMILES string of the molecule is CC1(Cc2cncnc2)C(=O)N(c2nc[nH]n2)c2ccc(-c3cccc(OCC(F)(F)F)c3)cc21. The van der Waals surface area contributed by atoms with Crippen LogP contribution in [0.2, 0.25) is 0 Å². The smallest absolute Gasteiger partial charge is 0.422 e. The van der Waals surface area contributed by atoms with Crippen molar-refractivity contribution in [3.8, 4) is 16.9 Å². The monoisotopic (exact) mass is 480 g/mol. The molecule has 3 heterocycles. The lowest BCUT2D eigenvalue weighted by Gasteiger charge is -2.23. The Kier molecular flexibility index (Phi) is 5.46. The number of hydrogen-bond donors (Lipinski definition) is 1. The number of halogens is 3. The summed E-state index contributed by atoms with van der Waals surface area (Å²) >= 11 is 0. The fourth-order valence-electron chi connectivity index (χ4n) is 4.26. The van der Waals surface area contributed by atoms with Gasteiger partial charge in [-0.2, -0.15) is 18.2 Å². The van der Waals surface area contributed by atoms with Gasteiger partial charge in [-0.25, -0.2) is 14.9 Å². The summed E-state index contributed by atoms with van der Waals surface area (Å²) in [4.78, 5) is 27.5. The maximum atomic E-state index is 13.7. The Hall–Kier alpha value is -4.28. The van der Waals surface area contributed by atoms with Crippen molar-refractivity contribution in [3.63, 3.8) is 0 Å². The molecule has 11 heteroatoms. The van der Waals surface area contributed by atoms with Crippen molar-refractivity contribution in [2.24, 2.45) is 0 Å². The van der Waals surface area contributed by atoms with Crippen LogP contribution >= 0.6 is 0 Å². The van der Waals surface area contributed by atoms with Crippen molar-refractivity contribution in [2.45, 2.75) is 24.9 Å². The van der Waals surface area contributed by atoms with Gasteiger partial charge in [0, 0.05) is 12.4 Å². The number of ether oxygens (including phenoxy) is 1. The molecule has 1 unspecified atom stereocenters. The zero-order valence-electron chi connectivity index (χ0n) is 18.5. The molecule has 1 N–H and O–H groups in total. The molecule has 0 fully saturated rings. The van der Waals surface area contributed by atoms with E-state index >= 15 is 0 Å². The number of H-pyrrole nitrogens is 1. The van der Waals surface area contributed by atoms with E-state index in [0.29, 0.717) is 17.7 Å². The zero-order valence-corrected chi connectivity index (χ0v) is 18.5. The molecule has 0 radical (unpaired) electrons. The largest absolute Gasteiger partial charge is 0.484 e. The molecule has 1 aliphatic rings. The number of alkyl halides is 3. The highest BCUT2D eigenvalue weighted by Crippen LogP contribution is 2.47. The summed E-state index contributed by atoms with van der Waals surface area (Å²) in [6.07, 6.45) is 2.03. The second-order valence-corrected chi connectivity index (χ2v) is 8.36. The second kappa shape index (κ2) is 8.49. The molecule has 1 atom stereocenters. The maximum Gasteiger partial charge on any atom is 0.422 e. The van der Waals surface area contributed by atoms with E-state index < -0.39 is 18.2 Å². The first kappa shape index (κ1) is 22.5. The normalized spacial score (nSPS) is 17.5. The van der Waals surface area contributed by atoms with E-state index in [2.05, 4.69) is 25.1 Å². The minimum absolute atomic E-state index is 0.0999. The van der Waals surface area contributed by atoms with Gasteiger partial charge < -0.3 is 4.74 Å². The molecular weight excluding hydrogens is 461 g/mol. The van der Waals surface area contributed by atoms with E-state index in [1.54, 1.807) is 42.7 Å². The van der Waals surface area contributed by atoms with Gasteiger partial charge in [0.15, 0.2) is 6.61 Å². The minimum atomic E-state index is -4.43. The molecule has 1 aliphatic heterocycles. The Balaban J connectivity index is 1.57. The number of carbonyl (C=O) groups excluding carboxylic acids is 1. The van der Waals surface area contributed by atoms with Crippen LogP contribution in [0.15, 0.2) is 67.5 Å². The average molecular weight is 480 g/mol. The predicted octanol–water partition coefficient (Wildman–Crippen LogP) is 4.38. The Morgan fingerprint density at radius 3 is 2.57 bits per heavy atom. The van der Waals surface area contributed by atoms with Gasteiger partial charge in [-0.05, 0) is 59.9 Å². The van der Waals surface area contributed by atoms with Gasteiger partial charge in [-0.3, -0.25) is 9.89 Å². The molecule has 8 nitrogen and oxygen atoms in total. The van der Waals surface area contributed by atoms with E-state index in [9.17, 15) is 18.0 Å². The van der Waals surface area contributed by atoms with Gasteiger partial charge in [-0.1, -0.05) is 18.2 Å². The number of aromatic nitrogens is 5. The second-order valence-electron chi connectivity index (χ2n) is 8.36. The van der Waals surface area contributed by atoms with Gasteiger partial charge in [0.05, 0.1) is 11.1 Å². The number of fused-ring (bicyclic) bond motifs is 1. The van der Waals surface area contributed by atoms with Crippen LogP contribution in [0.1, 0.15) is 18.1 Å². The summed E-state index contributed by atoms with van der Waals surface area (Å²) in [5, 5.41) is 6.72. The molecule has 1 amide bonds. The van der Waals surface area contributed by atoms with Crippen LogP contribution in [0, 0.1) is 0 Å². The molecule has 2 aromatic heterocycles. The Labute approximate surface area is 197 Å². The molecule has 2 aromatic carbocycles. The summed E-state index contributed by atoms with van der Waals surface area (Å²) in [7, 11) is 0. The third-order valence-corrected chi connectivity index (χ3v) is 5.85. The van der Waals surface area contributed by atoms with Gasteiger partial charge in [0.2, 0.25) is 5.91 Å². The van der Waals surface area contributed by atoms with Crippen LogP contribution in [-0.2, 0) is 16.6 Å². The van der Waals surface area contributed by atoms with Crippen LogP contribution in [0.3, 0.4) is 0 Å². The van der Waals surface area contributed by atoms with Crippen molar-refractivity contribution in [2.75, 3.05) is 11.5 Å². The standard InChI is InChI=1S/C24H19F3N6O2/c1-23(9-15-10-28-13-29-11-15)19-8-17(16-3-2-4-18(7-16)35-12-24(25,26)27)5-6-20(19)33(21(23)34)22-30-14-31-32-22/h2-8,10-11,13-14H,9,12H2,1H3,(H,30,31,32). The van der Waals surface area contributed by atoms with Gasteiger partial charge in [0.25, 0.3) is 5.95 Å². The van der Waals surface area contributed by atoms with Crippen molar-refractivity contribution in [3.05, 3.63) is 78.6 Å². The number of amides is 1. The minimum Gasteiger partial charge on any atom is -0.484 e. The molecule has 4 aromatic rings. The number of nitrogens with zero attached hydrogens (tertiary/aromatic N) is 5. The molecule has 0 bridgehead atoms. The summed E-state index contributed by atoms with van der Waals surface area (Å²) < 4.78 is 42.7. The number of nitrogens with one attached hydrogen (secondary N) is 1. The fourth-order valence-corrected chi connectivity index (χ4v) is 4.26. The van der Waals surface area contributed by atoms with Gasteiger partial charge >= 0.3 is 6.18 Å². The van der Waals surface area contributed by atoms with Crippen molar-refractivity contribution >= 4 is 17.5 Å². The number of anilines is 2. The number of carbonyl (C=O) groups is 1. The van der Waals surface area contributed by atoms with E-state index in [4.69, 9.17) is 4.74 Å². The number of rotatable bonds is 6. The lowest BCUT2D eigenvalue weighted by Crippen LogP contribution is -2.38. The van der Waals surface area contributed by atoms with Crippen LogP contribution < -0.4 is 9.64 Å². The molecule has 0 spiro atoms. The summed E-state index contributed by atoms with van der Waals surface area (Å²) in [5.74, 6) is 0.109. The van der Waals surface area contributed by atoms with Gasteiger partial charge in [-0.15, -0.1) is 5.10 Å². The number of hydrogen-bond acceptors (Lipinski definition) is 6. The number of benzene rings is 2. The lowest BCUT2D eigenvalue weighted by atomic mass is 9.78. The van der Waals surface area contributed by atoms with Crippen LogP contribution in [0.25, 0.3) is 11.1 Å². The van der Waals surface area contributed by atoms with Crippen LogP contribution in [-0.4, -0.2) is 43.8 Å². The first-order chi connectivity index (χ1) is 16.7. The van der Waals surface area contributed by atoms with E-state index in [1.165, 1.54) is 23.6 Å². The molecular formula is C24H19F3N6O2. The topological polar surface area (TPSA) is 96.9 Å². The van der Waals surface area contributed by atoms with E-state index in [-0.39, 0.29) is 17.6 Å². The third kappa shape index (κ3) is 4.32. The molecule has 5 rings (SSSR count). The average Bonchev–Trinajstić information content (AvgIpc) is 3.44. The van der Waals surface area contributed by atoms with Crippen LogP contribution in [0.4, 0.5) is 24.8 Å². The summed E-state index contributed by atoms with van der Waals surface area (Å²) in [6.45, 7) is 0.457. The third-order valence-electron chi connectivity index (χ3n) is 5.85. The highest BCUT2D eigenvalue weighted by Gasteiger charge is 2.49. The van der Waals surface area contributed by atoms with Crippen molar-refractivity contribution in [1.29, 1.82) is 0 Å². The first-order valence-corrected chi connectivity index (χ1v) is 10.6. The van der Waals surface area contributed by atoms with E-state index in [1.807, 2.05) is 13.0 Å². The van der Waals surface area contributed by atoms with Crippen molar-refractivity contribution in [1.82, 2.24) is 25.1 Å². The highest BCUT2D eigenvalue weighted by atomic mass is 19.4. The fraction of sp³-hybridized carbons (Fsp3) is 0.208. The zero-order chi connectivity index (χ0) is 24.6. The number of aromatic amines is 1. The maximum absolute atomic E-state index is 13.7. The van der Waals surface area contributed by atoms with E-state index in [0.717, 1.165) is 16.7 Å². The summed E-state index contributed by atoms with van der Waals surface area (Å²) in [5.41, 5.74) is 2.53. The van der Waals surface area contributed by atoms with Crippen molar-refractivity contribution < 1.29 is 22.7 Å². The Morgan fingerprint density at radius 2 is 1.86 bits per heavy atom. The molecule has 0 saturated carbocycles. The van der Waals surface area contributed by atoms with Crippen LogP contribution in [0.5, 0.6) is 5.75 Å². The molecule has 0 aliphatic carbocycles. The summed E-state index contributed by atoms with van der Waals surface area (Å²) in [6, 6.07) is 11.9. The Morgan fingerprint density at radius 1 is 1.09 bits per heavy atom. The molecule has 35 heavy (non-hydrogen) atoms. The highest BCUT2D eigenvalue weighted by molar-refractivity contribution is 6.12. The van der Waals surface area contributed by atoms with Gasteiger partial charge in [0.1, 0.15) is 18.4 Å². The quantitative estimate of drug-likeness (QED) is 0.440. The molecule has 0 saturated heterocycles. The first-order valence-electron chi connectivity index (χ1n) is 10.6. The molecule has 178 valence electrons. The lowest BCUT2D eigenvalue weighted by molar-refractivity contribution is -0.153.